The molecule has 1 rings (SSSR count). The molecule has 1 aliphatic rings. The Labute approximate surface area is 118 Å². The van der Waals surface area contributed by atoms with Crippen LogP contribution in [-0.2, 0) is 10.0 Å². The second kappa shape index (κ2) is 7.04. The van der Waals surface area contributed by atoms with Crippen molar-refractivity contribution in [1.29, 1.82) is 0 Å². The highest BCUT2D eigenvalue weighted by atomic mass is 32.2. The predicted molar refractivity (Wildman–Crippen MR) is 80.4 cm³/mol. The topological polar surface area (TPSA) is 72.2 Å². The molecular weight excluding hydrogens is 260 g/mol. The van der Waals surface area contributed by atoms with E-state index >= 15 is 0 Å². The SMILES string of the molecule is CC(C)(C)C1CCCC(NCCCS(N)(=O)=O)CC1. The number of hydrogen-bond donors (Lipinski definition) is 2. The molecule has 0 aliphatic heterocycles. The third-order valence-corrected chi connectivity index (χ3v) is 5.09. The van der Waals surface area contributed by atoms with Crippen LogP contribution < -0.4 is 10.5 Å². The quantitative estimate of drug-likeness (QED) is 0.602. The maximum absolute atomic E-state index is 10.8. The van der Waals surface area contributed by atoms with Gasteiger partial charge in [-0.1, -0.05) is 27.2 Å². The molecule has 0 aromatic rings. The largest absolute Gasteiger partial charge is 0.314 e. The van der Waals surface area contributed by atoms with Gasteiger partial charge in [0.1, 0.15) is 0 Å². The molecule has 0 amide bonds. The van der Waals surface area contributed by atoms with Crippen LogP contribution in [0.1, 0.15) is 59.3 Å². The van der Waals surface area contributed by atoms with Crippen LogP contribution in [0.3, 0.4) is 0 Å². The summed E-state index contributed by atoms with van der Waals surface area (Å²) in [7, 11) is -3.30. The second-order valence-corrected chi connectivity index (χ2v) is 8.68. The second-order valence-electron chi connectivity index (χ2n) is 6.94. The third kappa shape index (κ3) is 7.28. The normalized spacial score (nSPS) is 26.1. The fourth-order valence-electron chi connectivity index (χ4n) is 2.95. The van der Waals surface area contributed by atoms with Gasteiger partial charge in [0.25, 0.3) is 0 Å². The van der Waals surface area contributed by atoms with E-state index < -0.39 is 10.0 Å². The highest BCUT2D eigenvalue weighted by Gasteiger charge is 2.27. The average Bonchev–Trinajstić information content (AvgIpc) is 2.47. The van der Waals surface area contributed by atoms with Gasteiger partial charge < -0.3 is 5.32 Å². The summed E-state index contributed by atoms with van der Waals surface area (Å²) in [6.07, 6.45) is 6.89. The van der Waals surface area contributed by atoms with Gasteiger partial charge in [0, 0.05) is 6.04 Å². The smallest absolute Gasteiger partial charge is 0.209 e. The Morgan fingerprint density at radius 2 is 1.84 bits per heavy atom. The summed E-state index contributed by atoms with van der Waals surface area (Å²) in [4.78, 5) is 0. The van der Waals surface area contributed by atoms with Crippen molar-refractivity contribution in [2.45, 2.75) is 65.3 Å². The maximum atomic E-state index is 10.8. The summed E-state index contributed by atoms with van der Waals surface area (Å²) in [6, 6.07) is 0.549. The number of sulfonamides is 1. The molecule has 1 aliphatic carbocycles. The summed E-state index contributed by atoms with van der Waals surface area (Å²) < 4.78 is 21.7. The molecule has 0 heterocycles. The lowest BCUT2D eigenvalue weighted by Gasteiger charge is -2.29. The van der Waals surface area contributed by atoms with Crippen LogP contribution in [0.5, 0.6) is 0 Å². The Morgan fingerprint density at radius 3 is 2.42 bits per heavy atom. The number of hydrogen-bond acceptors (Lipinski definition) is 3. The highest BCUT2D eigenvalue weighted by Crippen LogP contribution is 2.36. The zero-order valence-electron chi connectivity index (χ0n) is 12.6. The molecule has 2 unspecified atom stereocenters. The zero-order chi connectivity index (χ0) is 14.5. The predicted octanol–water partition coefficient (Wildman–Crippen LogP) is 2.25. The van der Waals surface area contributed by atoms with Crippen LogP contribution in [0, 0.1) is 11.3 Å². The van der Waals surface area contributed by atoms with E-state index in [1.807, 2.05) is 0 Å². The van der Waals surface area contributed by atoms with Crippen LogP contribution in [0.25, 0.3) is 0 Å². The molecule has 5 heteroatoms. The zero-order valence-corrected chi connectivity index (χ0v) is 13.4. The number of nitrogens with two attached hydrogens (primary N) is 1. The number of primary sulfonamides is 1. The van der Waals surface area contributed by atoms with Crippen molar-refractivity contribution < 1.29 is 8.42 Å². The Morgan fingerprint density at radius 1 is 1.16 bits per heavy atom. The van der Waals surface area contributed by atoms with Gasteiger partial charge in [0.2, 0.25) is 10.0 Å². The van der Waals surface area contributed by atoms with Gasteiger partial charge in [-0.15, -0.1) is 0 Å². The van der Waals surface area contributed by atoms with E-state index in [-0.39, 0.29) is 5.75 Å². The van der Waals surface area contributed by atoms with Gasteiger partial charge in [-0.3, -0.25) is 0 Å². The molecule has 2 atom stereocenters. The van der Waals surface area contributed by atoms with E-state index in [0.717, 1.165) is 12.5 Å². The minimum Gasteiger partial charge on any atom is -0.314 e. The number of rotatable bonds is 5. The van der Waals surface area contributed by atoms with Gasteiger partial charge in [-0.2, -0.15) is 0 Å². The first-order chi connectivity index (χ1) is 8.68. The first-order valence-corrected chi connectivity index (χ1v) is 9.14. The van der Waals surface area contributed by atoms with Crippen LogP contribution in [0.2, 0.25) is 0 Å². The van der Waals surface area contributed by atoms with E-state index in [4.69, 9.17) is 5.14 Å². The lowest BCUT2D eigenvalue weighted by Crippen LogP contribution is -2.31. The Bertz CT molecular complexity index is 360. The molecule has 19 heavy (non-hydrogen) atoms. The van der Waals surface area contributed by atoms with Gasteiger partial charge in [0.15, 0.2) is 0 Å². The van der Waals surface area contributed by atoms with Gasteiger partial charge in [-0.05, 0) is 50.0 Å². The highest BCUT2D eigenvalue weighted by molar-refractivity contribution is 7.89. The summed E-state index contributed by atoms with van der Waals surface area (Å²) in [5, 5.41) is 8.48. The van der Waals surface area contributed by atoms with Crippen molar-refractivity contribution in [3.05, 3.63) is 0 Å². The number of nitrogens with one attached hydrogen (secondary N) is 1. The average molecular weight is 290 g/mol. The maximum Gasteiger partial charge on any atom is 0.209 e. The fraction of sp³-hybridized carbons (Fsp3) is 1.00. The van der Waals surface area contributed by atoms with Crippen LogP contribution >= 0.6 is 0 Å². The molecule has 0 bridgehead atoms. The van der Waals surface area contributed by atoms with Crippen molar-refractivity contribution in [3.8, 4) is 0 Å². The summed E-state index contributed by atoms with van der Waals surface area (Å²) in [6.45, 7) is 7.74. The van der Waals surface area contributed by atoms with Crippen molar-refractivity contribution in [1.82, 2.24) is 5.32 Å². The van der Waals surface area contributed by atoms with E-state index in [0.29, 0.717) is 17.9 Å². The molecule has 4 nitrogen and oxygen atoms in total. The lowest BCUT2D eigenvalue weighted by molar-refractivity contribution is 0.213. The van der Waals surface area contributed by atoms with Gasteiger partial charge >= 0.3 is 0 Å². The molecule has 1 fully saturated rings. The molecule has 0 aromatic heterocycles. The molecule has 1 saturated carbocycles. The Hall–Kier alpha value is -0.130. The Balaban J connectivity index is 2.26. The van der Waals surface area contributed by atoms with E-state index in [9.17, 15) is 8.42 Å². The van der Waals surface area contributed by atoms with Crippen molar-refractivity contribution in [2.24, 2.45) is 16.5 Å². The molecule has 0 aromatic carbocycles. The van der Waals surface area contributed by atoms with Crippen molar-refractivity contribution in [3.63, 3.8) is 0 Å². The first-order valence-electron chi connectivity index (χ1n) is 7.42. The van der Waals surface area contributed by atoms with Crippen molar-refractivity contribution in [2.75, 3.05) is 12.3 Å². The van der Waals surface area contributed by atoms with Gasteiger partial charge in [-0.25, -0.2) is 13.6 Å². The minimum absolute atomic E-state index is 0.0807. The van der Waals surface area contributed by atoms with E-state index in [1.165, 1.54) is 32.1 Å². The summed E-state index contributed by atoms with van der Waals surface area (Å²) in [5.74, 6) is 0.890. The molecule has 0 radical (unpaired) electrons. The van der Waals surface area contributed by atoms with E-state index in [1.54, 1.807) is 0 Å². The monoisotopic (exact) mass is 290 g/mol. The molecule has 0 spiro atoms. The van der Waals surface area contributed by atoms with Crippen LogP contribution in [0.4, 0.5) is 0 Å². The molecular formula is C14H30N2O2S. The molecule has 0 saturated heterocycles. The molecule has 3 N–H and O–H groups in total. The lowest BCUT2D eigenvalue weighted by atomic mass is 9.76. The Kier molecular flexibility index (Phi) is 6.27. The third-order valence-electron chi connectivity index (χ3n) is 4.23. The first kappa shape index (κ1) is 16.9. The van der Waals surface area contributed by atoms with Crippen LogP contribution in [-0.4, -0.2) is 26.8 Å². The fourth-order valence-corrected chi connectivity index (χ4v) is 3.50. The summed E-state index contributed by atoms with van der Waals surface area (Å²) in [5.41, 5.74) is 0.405. The standard InChI is InChI=1S/C14H30N2O2S/c1-14(2,3)12-6-4-7-13(9-8-12)16-10-5-11-19(15,17)18/h12-13,16H,4-11H2,1-3H3,(H2,15,17,18). The van der Waals surface area contributed by atoms with Crippen LogP contribution in [0.15, 0.2) is 0 Å². The minimum atomic E-state index is -3.30. The van der Waals surface area contributed by atoms with E-state index in [2.05, 4.69) is 26.1 Å². The summed E-state index contributed by atoms with van der Waals surface area (Å²) >= 11 is 0. The van der Waals surface area contributed by atoms with Gasteiger partial charge in [0.05, 0.1) is 5.75 Å². The van der Waals surface area contributed by atoms with Crippen molar-refractivity contribution >= 4 is 10.0 Å². The molecule has 114 valence electrons.